The van der Waals surface area contributed by atoms with Crippen LogP contribution in [0, 0.1) is 0 Å². The van der Waals surface area contributed by atoms with Gasteiger partial charge in [0.25, 0.3) is 0 Å². The average Bonchev–Trinajstić information content (AvgIpc) is 3.32. The predicted molar refractivity (Wildman–Crippen MR) is 89.9 cm³/mol. The molecule has 2 aliphatic rings. The minimum atomic E-state index is -0.553. The van der Waals surface area contributed by atoms with Gasteiger partial charge in [-0.2, -0.15) is 0 Å². The Kier molecular flexibility index (Phi) is 3.60. The van der Waals surface area contributed by atoms with Crippen LogP contribution in [-0.2, 0) is 14.9 Å². The van der Waals surface area contributed by atoms with Gasteiger partial charge in [0.15, 0.2) is 11.5 Å². The van der Waals surface area contributed by atoms with Crippen LogP contribution in [0.5, 0.6) is 11.5 Å². The van der Waals surface area contributed by atoms with Gasteiger partial charge in [-0.15, -0.1) is 0 Å². The molecule has 128 valence electrons. The Labute approximate surface area is 144 Å². The zero-order valence-electron chi connectivity index (χ0n) is 13.7. The summed E-state index contributed by atoms with van der Waals surface area (Å²) in [5, 5.41) is 2.91. The van der Waals surface area contributed by atoms with E-state index in [0.717, 1.165) is 18.4 Å². The zero-order valence-corrected chi connectivity index (χ0v) is 13.7. The van der Waals surface area contributed by atoms with Crippen molar-refractivity contribution in [3.05, 3.63) is 53.6 Å². The van der Waals surface area contributed by atoms with Gasteiger partial charge < -0.3 is 19.5 Å². The molecule has 6 heteroatoms. The van der Waals surface area contributed by atoms with Crippen molar-refractivity contribution < 1.29 is 23.8 Å². The number of amides is 1. The lowest BCUT2D eigenvalue weighted by molar-refractivity contribution is -0.118. The van der Waals surface area contributed by atoms with Crippen molar-refractivity contribution in [2.75, 3.05) is 19.2 Å². The largest absolute Gasteiger partial charge is 0.465 e. The fraction of sp³-hybridized carbons (Fsp3) is 0.263. The second-order valence-electron chi connectivity index (χ2n) is 6.18. The van der Waals surface area contributed by atoms with Gasteiger partial charge in [-0.1, -0.05) is 12.1 Å². The maximum Gasteiger partial charge on any atom is 0.337 e. The monoisotopic (exact) mass is 339 g/mol. The van der Waals surface area contributed by atoms with Crippen LogP contribution in [0.2, 0.25) is 0 Å². The van der Waals surface area contributed by atoms with E-state index in [1.165, 1.54) is 7.11 Å². The summed E-state index contributed by atoms with van der Waals surface area (Å²) >= 11 is 0. The lowest BCUT2D eigenvalue weighted by atomic mass is 9.94. The third kappa shape index (κ3) is 2.69. The molecule has 1 heterocycles. The SMILES string of the molecule is COC(=O)c1cccc(NC(=O)C2(c3ccc4c(c3)OCO4)CC2)c1. The molecule has 25 heavy (non-hydrogen) atoms. The summed E-state index contributed by atoms with van der Waals surface area (Å²) in [6.07, 6.45) is 1.55. The normalized spacial score (nSPS) is 16.2. The quantitative estimate of drug-likeness (QED) is 0.867. The van der Waals surface area contributed by atoms with Gasteiger partial charge in [-0.3, -0.25) is 4.79 Å². The molecular weight excluding hydrogens is 322 g/mol. The maximum atomic E-state index is 12.8. The number of hydrogen-bond acceptors (Lipinski definition) is 5. The molecule has 0 spiro atoms. The molecule has 0 saturated heterocycles. The van der Waals surface area contributed by atoms with E-state index in [0.29, 0.717) is 22.7 Å². The molecule has 0 aromatic heterocycles. The van der Waals surface area contributed by atoms with Gasteiger partial charge in [-0.25, -0.2) is 4.79 Å². The van der Waals surface area contributed by atoms with E-state index < -0.39 is 11.4 Å². The van der Waals surface area contributed by atoms with Gasteiger partial charge in [0.1, 0.15) is 0 Å². The summed E-state index contributed by atoms with van der Waals surface area (Å²) in [5.74, 6) is 0.844. The number of rotatable bonds is 4. The molecular formula is C19H17NO5. The number of anilines is 1. The molecule has 2 aromatic carbocycles. The van der Waals surface area contributed by atoms with Crippen molar-refractivity contribution >= 4 is 17.6 Å². The summed E-state index contributed by atoms with van der Waals surface area (Å²) in [6, 6.07) is 12.3. The summed E-state index contributed by atoms with van der Waals surface area (Å²) in [5.41, 5.74) is 1.33. The summed E-state index contributed by atoms with van der Waals surface area (Å²) in [7, 11) is 1.33. The van der Waals surface area contributed by atoms with Gasteiger partial charge in [-0.05, 0) is 48.7 Å². The van der Waals surface area contributed by atoms with Crippen LogP contribution < -0.4 is 14.8 Å². The lowest BCUT2D eigenvalue weighted by Gasteiger charge is -2.16. The highest BCUT2D eigenvalue weighted by molar-refractivity contribution is 6.02. The smallest absolute Gasteiger partial charge is 0.337 e. The Bertz CT molecular complexity index is 857. The topological polar surface area (TPSA) is 73.9 Å². The number of carbonyl (C=O) groups is 2. The molecule has 1 fully saturated rings. The molecule has 1 aliphatic heterocycles. The van der Waals surface area contributed by atoms with Crippen LogP contribution >= 0.6 is 0 Å². The van der Waals surface area contributed by atoms with Gasteiger partial charge in [0.05, 0.1) is 18.1 Å². The van der Waals surface area contributed by atoms with Crippen LogP contribution in [0.3, 0.4) is 0 Å². The van der Waals surface area contributed by atoms with E-state index in [4.69, 9.17) is 14.2 Å². The Hall–Kier alpha value is -3.02. The summed E-state index contributed by atoms with van der Waals surface area (Å²) in [6.45, 7) is 0.207. The highest BCUT2D eigenvalue weighted by atomic mass is 16.7. The Morgan fingerprint density at radius 1 is 1.08 bits per heavy atom. The molecule has 1 N–H and O–H groups in total. The van der Waals surface area contributed by atoms with E-state index in [9.17, 15) is 9.59 Å². The van der Waals surface area contributed by atoms with Crippen molar-refractivity contribution in [3.63, 3.8) is 0 Å². The molecule has 1 aliphatic carbocycles. The van der Waals surface area contributed by atoms with Crippen LogP contribution in [-0.4, -0.2) is 25.8 Å². The Morgan fingerprint density at radius 2 is 1.88 bits per heavy atom. The molecule has 0 atom stereocenters. The molecule has 0 radical (unpaired) electrons. The second kappa shape index (κ2) is 5.81. The van der Waals surface area contributed by atoms with E-state index >= 15 is 0 Å². The van der Waals surface area contributed by atoms with Crippen molar-refractivity contribution in [1.82, 2.24) is 0 Å². The molecule has 6 nitrogen and oxygen atoms in total. The number of nitrogens with one attached hydrogen (secondary N) is 1. The van der Waals surface area contributed by atoms with Crippen molar-refractivity contribution in [1.29, 1.82) is 0 Å². The predicted octanol–water partition coefficient (Wildman–Crippen LogP) is 2.87. The first kappa shape index (κ1) is 15.5. The number of ether oxygens (including phenoxy) is 3. The van der Waals surface area contributed by atoms with Crippen LogP contribution in [0.1, 0.15) is 28.8 Å². The van der Waals surface area contributed by atoms with Crippen molar-refractivity contribution in [3.8, 4) is 11.5 Å². The number of benzene rings is 2. The lowest BCUT2D eigenvalue weighted by Crippen LogP contribution is -2.27. The number of fused-ring (bicyclic) bond motifs is 1. The molecule has 1 amide bonds. The van der Waals surface area contributed by atoms with Crippen LogP contribution in [0.4, 0.5) is 5.69 Å². The summed E-state index contributed by atoms with van der Waals surface area (Å²) in [4.78, 5) is 24.5. The minimum Gasteiger partial charge on any atom is -0.465 e. The fourth-order valence-electron chi connectivity index (χ4n) is 3.06. The highest BCUT2D eigenvalue weighted by Crippen LogP contribution is 2.51. The number of hydrogen-bond donors (Lipinski definition) is 1. The molecule has 0 unspecified atom stereocenters. The maximum absolute atomic E-state index is 12.8. The molecule has 1 saturated carbocycles. The first-order chi connectivity index (χ1) is 12.1. The van der Waals surface area contributed by atoms with E-state index in [1.807, 2.05) is 18.2 Å². The Morgan fingerprint density at radius 3 is 2.64 bits per heavy atom. The minimum absolute atomic E-state index is 0.0895. The number of carbonyl (C=O) groups excluding carboxylic acids is 2. The van der Waals surface area contributed by atoms with Crippen LogP contribution in [0.25, 0.3) is 0 Å². The third-order valence-electron chi connectivity index (χ3n) is 4.65. The van der Waals surface area contributed by atoms with Crippen LogP contribution in [0.15, 0.2) is 42.5 Å². The zero-order chi connectivity index (χ0) is 17.4. The fourth-order valence-corrected chi connectivity index (χ4v) is 3.06. The van der Waals surface area contributed by atoms with Gasteiger partial charge >= 0.3 is 5.97 Å². The third-order valence-corrected chi connectivity index (χ3v) is 4.65. The number of esters is 1. The first-order valence-electron chi connectivity index (χ1n) is 8.02. The van der Waals surface area contributed by atoms with E-state index in [2.05, 4.69) is 5.32 Å². The van der Waals surface area contributed by atoms with E-state index in [-0.39, 0.29) is 12.7 Å². The van der Waals surface area contributed by atoms with Gasteiger partial charge in [0.2, 0.25) is 12.7 Å². The van der Waals surface area contributed by atoms with Gasteiger partial charge in [0, 0.05) is 5.69 Å². The molecule has 4 rings (SSSR count). The van der Waals surface area contributed by atoms with E-state index in [1.54, 1.807) is 24.3 Å². The van der Waals surface area contributed by atoms with Crippen molar-refractivity contribution in [2.24, 2.45) is 0 Å². The second-order valence-corrected chi connectivity index (χ2v) is 6.18. The molecule has 0 bridgehead atoms. The average molecular weight is 339 g/mol. The Balaban J connectivity index is 1.56. The first-order valence-corrected chi connectivity index (χ1v) is 8.02. The highest BCUT2D eigenvalue weighted by Gasteiger charge is 2.51. The number of methoxy groups -OCH3 is 1. The van der Waals surface area contributed by atoms with Crippen molar-refractivity contribution in [2.45, 2.75) is 18.3 Å². The summed E-state index contributed by atoms with van der Waals surface area (Å²) < 4.78 is 15.4. The standard InChI is InChI=1S/C19H17NO5/c1-23-17(21)12-3-2-4-14(9-12)20-18(22)19(7-8-19)13-5-6-15-16(10-13)25-11-24-15/h2-6,9-10H,7-8,11H2,1H3,(H,20,22). The molecule has 2 aromatic rings.